The van der Waals surface area contributed by atoms with Crippen molar-refractivity contribution in [1.29, 1.82) is 0 Å². The molecule has 1 rings (SSSR count). The lowest BCUT2D eigenvalue weighted by Crippen LogP contribution is -2.50. The molecule has 0 aromatic rings. The number of carbonyl (C=O) groups excluding carboxylic acids is 2. The van der Waals surface area contributed by atoms with Gasteiger partial charge in [-0.15, -0.1) is 0 Å². The Hall–Kier alpha value is -1.31. The van der Waals surface area contributed by atoms with Crippen molar-refractivity contribution in [2.75, 3.05) is 0 Å². The standard InChI is InChI=1S/C13H24N2O5S/c1-5-6-10(14-12(17)20-13(2,3)4)11(16)15-21(18,19)9-7-8-9/h9-10H,5-8H2,1-4H3,(H,14,17)(H,15,16). The highest BCUT2D eigenvalue weighted by atomic mass is 32.2. The van der Waals surface area contributed by atoms with E-state index in [1.54, 1.807) is 20.8 Å². The number of rotatable bonds is 6. The van der Waals surface area contributed by atoms with Gasteiger partial charge in [-0.1, -0.05) is 13.3 Å². The minimum Gasteiger partial charge on any atom is -0.444 e. The minimum absolute atomic E-state index is 0.339. The zero-order valence-electron chi connectivity index (χ0n) is 12.9. The van der Waals surface area contributed by atoms with Crippen molar-refractivity contribution in [2.24, 2.45) is 0 Å². The molecule has 1 atom stereocenters. The topological polar surface area (TPSA) is 102 Å². The third kappa shape index (κ3) is 6.33. The van der Waals surface area contributed by atoms with Gasteiger partial charge in [-0.25, -0.2) is 13.2 Å². The maximum absolute atomic E-state index is 12.0. The van der Waals surface area contributed by atoms with Gasteiger partial charge in [0.2, 0.25) is 10.0 Å². The number of sulfonamides is 1. The normalized spacial score (nSPS) is 17.0. The molecule has 8 heteroatoms. The molecule has 21 heavy (non-hydrogen) atoms. The third-order valence-corrected chi connectivity index (χ3v) is 4.63. The van der Waals surface area contributed by atoms with Crippen molar-refractivity contribution in [2.45, 2.75) is 70.3 Å². The summed E-state index contributed by atoms with van der Waals surface area (Å²) in [5, 5.41) is 1.94. The van der Waals surface area contributed by atoms with Crippen molar-refractivity contribution in [3.8, 4) is 0 Å². The van der Waals surface area contributed by atoms with Gasteiger partial charge in [0, 0.05) is 0 Å². The average molecular weight is 320 g/mol. The van der Waals surface area contributed by atoms with Crippen molar-refractivity contribution >= 4 is 22.0 Å². The molecule has 1 aliphatic carbocycles. The summed E-state index contributed by atoms with van der Waals surface area (Å²) in [6, 6.07) is -0.918. The molecule has 0 heterocycles. The second-order valence-corrected chi connectivity index (χ2v) is 8.16. The van der Waals surface area contributed by atoms with Gasteiger partial charge in [0.1, 0.15) is 11.6 Å². The van der Waals surface area contributed by atoms with E-state index in [0.717, 1.165) is 0 Å². The Morgan fingerprint density at radius 1 is 1.29 bits per heavy atom. The maximum Gasteiger partial charge on any atom is 0.408 e. The van der Waals surface area contributed by atoms with Gasteiger partial charge < -0.3 is 10.1 Å². The number of hydrogen-bond donors (Lipinski definition) is 2. The van der Waals surface area contributed by atoms with Crippen LogP contribution in [0.4, 0.5) is 4.79 Å². The molecule has 0 aromatic carbocycles. The molecule has 0 saturated heterocycles. The van der Waals surface area contributed by atoms with E-state index in [1.165, 1.54) is 0 Å². The fraction of sp³-hybridized carbons (Fsp3) is 0.846. The second kappa shape index (κ2) is 6.64. The molecule has 7 nitrogen and oxygen atoms in total. The highest BCUT2D eigenvalue weighted by molar-refractivity contribution is 7.90. The Morgan fingerprint density at radius 2 is 1.86 bits per heavy atom. The van der Waals surface area contributed by atoms with Crippen LogP contribution in [-0.4, -0.2) is 37.3 Å². The van der Waals surface area contributed by atoms with E-state index < -0.39 is 38.9 Å². The average Bonchev–Trinajstić information content (AvgIpc) is 3.08. The smallest absolute Gasteiger partial charge is 0.408 e. The number of nitrogens with one attached hydrogen (secondary N) is 2. The quantitative estimate of drug-likeness (QED) is 0.768. The van der Waals surface area contributed by atoms with Crippen LogP contribution >= 0.6 is 0 Å². The summed E-state index contributed by atoms with van der Waals surface area (Å²) < 4.78 is 30.6. The van der Waals surface area contributed by atoms with Crippen LogP contribution in [0.2, 0.25) is 0 Å². The van der Waals surface area contributed by atoms with Gasteiger partial charge in [0.15, 0.2) is 0 Å². The highest BCUT2D eigenvalue weighted by Crippen LogP contribution is 2.27. The molecular weight excluding hydrogens is 296 g/mol. The number of carbonyl (C=O) groups is 2. The third-order valence-electron chi connectivity index (χ3n) is 2.79. The van der Waals surface area contributed by atoms with E-state index in [9.17, 15) is 18.0 Å². The summed E-state index contributed by atoms with van der Waals surface area (Å²) in [4.78, 5) is 23.7. The minimum atomic E-state index is -3.61. The Balaban J connectivity index is 2.63. The van der Waals surface area contributed by atoms with E-state index in [0.29, 0.717) is 25.7 Å². The van der Waals surface area contributed by atoms with E-state index >= 15 is 0 Å². The summed E-state index contributed by atoms with van der Waals surface area (Å²) in [7, 11) is -3.61. The van der Waals surface area contributed by atoms with Crippen LogP contribution in [0.15, 0.2) is 0 Å². The van der Waals surface area contributed by atoms with Crippen LogP contribution in [0.1, 0.15) is 53.4 Å². The van der Waals surface area contributed by atoms with Crippen molar-refractivity contribution in [3.63, 3.8) is 0 Å². The van der Waals surface area contributed by atoms with Gasteiger partial charge in [-0.05, 0) is 40.0 Å². The Labute approximate surface area is 125 Å². The van der Waals surface area contributed by atoms with Crippen molar-refractivity contribution < 1.29 is 22.7 Å². The Bertz CT molecular complexity index is 491. The van der Waals surface area contributed by atoms with E-state index in [2.05, 4.69) is 5.32 Å². The van der Waals surface area contributed by atoms with Crippen molar-refractivity contribution in [1.82, 2.24) is 10.0 Å². The van der Waals surface area contributed by atoms with Crippen LogP contribution in [-0.2, 0) is 19.6 Å². The summed E-state index contributed by atoms with van der Waals surface area (Å²) in [5.41, 5.74) is -0.683. The first-order valence-electron chi connectivity index (χ1n) is 7.10. The second-order valence-electron chi connectivity index (χ2n) is 6.20. The molecule has 1 saturated carbocycles. The summed E-state index contributed by atoms with van der Waals surface area (Å²) >= 11 is 0. The van der Waals surface area contributed by atoms with Crippen LogP contribution in [0.5, 0.6) is 0 Å². The zero-order valence-corrected chi connectivity index (χ0v) is 13.7. The molecule has 2 N–H and O–H groups in total. The van der Waals surface area contributed by atoms with Gasteiger partial charge in [0.05, 0.1) is 5.25 Å². The molecule has 0 aliphatic heterocycles. The zero-order chi connectivity index (χ0) is 16.3. The lowest BCUT2D eigenvalue weighted by Gasteiger charge is -2.23. The van der Waals surface area contributed by atoms with Crippen LogP contribution in [0.3, 0.4) is 0 Å². The molecule has 0 radical (unpaired) electrons. The first-order chi connectivity index (χ1) is 9.55. The lowest BCUT2D eigenvalue weighted by atomic mass is 10.1. The Morgan fingerprint density at radius 3 is 2.29 bits per heavy atom. The van der Waals surface area contributed by atoms with E-state index in [4.69, 9.17) is 4.74 Å². The SMILES string of the molecule is CCCC(NC(=O)OC(C)(C)C)C(=O)NS(=O)(=O)C1CC1. The highest BCUT2D eigenvalue weighted by Gasteiger charge is 2.38. The molecule has 1 unspecified atom stereocenters. The van der Waals surface area contributed by atoms with Gasteiger partial charge >= 0.3 is 6.09 Å². The van der Waals surface area contributed by atoms with Crippen molar-refractivity contribution in [3.05, 3.63) is 0 Å². The number of amides is 2. The molecule has 0 spiro atoms. The first-order valence-corrected chi connectivity index (χ1v) is 8.65. The summed E-state index contributed by atoms with van der Waals surface area (Å²) in [6.07, 6.45) is 1.36. The van der Waals surface area contributed by atoms with E-state index in [1.807, 2.05) is 11.6 Å². The predicted molar refractivity (Wildman–Crippen MR) is 78.2 cm³/mol. The fourth-order valence-corrected chi connectivity index (χ4v) is 3.03. The lowest BCUT2D eigenvalue weighted by molar-refractivity contribution is -0.121. The summed E-state index contributed by atoms with van der Waals surface area (Å²) in [6.45, 7) is 6.96. The summed E-state index contributed by atoms with van der Waals surface area (Å²) in [5.74, 6) is -0.713. The molecule has 0 bridgehead atoms. The molecule has 122 valence electrons. The van der Waals surface area contributed by atoms with E-state index in [-0.39, 0.29) is 0 Å². The van der Waals surface area contributed by atoms with Gasteiger partial charge in [-0.3, -0.25) is 9.52 Å². The number of hydrogen-bond acceptors (Lipinski definition) is 5. The van der Waals surface area contributed by atoms with Gasteiger partial charge in [-0.2, -0.15) is 0 Å². The van der Waals surface area contributed by atoms with Crippen LogP contribution in [0, 0.1) is 0 Å². The molecule has 1 aliphatic rings. The monoisotopic (exact) mass is 320 g/mol. The Kier molecular flexibility index (Phi) is 5.61. The van der Waals surface area contributed by atoms with Gasteiger partial charge in [0.25, 0.3) is 5.91 Å². The fourth-order valence-electron chi connectivity index (χ4n) is 1.68. The maximum atomic E-state index is 12.0. The molecular formula is C13H24N2O5S. The number of alkyl carbamates (subject to hydrolysis) is 1. The first kappa shape index (κ1) is 17.7. The van der Waals surface area contributed by atoms with Crippen LogP contribution in [0.25, 0.3) is 0 Å². The van der Waals surface area contributed by atoms with Crippen LogP contribution < -0.4 is 10.0 Å². The number of ether oxygens (including phenoxy) is 1. The largest absolute Gasteiger partial charge is 0.444 e. The molecule has 0 aromatic heterocycles. The molecule has 1 fully saturated rings. The molecule has 2 amide bonds. The predicted octanol–water partition coefficient (Wildman–Crippen LogP) is 1.29.